The summed E-state index contributed by atoms with van der Waals surface area (Å²) in [7, 11) is 5.71. The highest BCUT2D eigenvalue weighted by atomic mass is 16.5. The number of benzene rings is 1. The predicted octanol–water partition coefficient (Wildman–Crippen LogP) is 4.94. The monoisotopic (exact) mass is 423 g/mol. The molecule has 0 aliphatic rings. The molecule has 0 saturated carbocycles. The van der Waals surface area contributed by atoms with Crippen LogP contribution < -0.4 is 4.74 Å². The molecule has 0 atom stereocenters. The Morgan fingerprint density at radius 2 is 1.81 bits per heavy atom. The number of ether oxygens (including phenoxy) is 1. The SMILES string of the molecule is COc1cc(-c2ccc(C)n2C)ccc1Cc1cc2c(-c3cnn(C)c3)nccc2cn1. The van der Waals surface area contributed by atoms with Crippen LogP contribution in [0.5, 0.6) is 5.75 Å². The van der Waals surface area contributed by atoms with Crippen LogP contribution in [0.3, 0.4) is 0 Å². The second-order valence-electron chi connectivity index (χ2n) is 8.08. The van der Waals surface area contributed by atoms with E-state index in [4.69, 9.17) is 9.72 Å². The van der Waals surface area contributed by atoms with E-state index < -0.39 is 0 Å². The Labute approximate surface area is 187 Å². The molecule has 0 aliphatic heterocycles. The van der Waals surface area contributed by atoms with E-state index >= 15 is 0 Å². The van der Waals surface area contributed by atoms with Gasteiger partial charge in [-0.15, -0.1) is 0 Å². The van der Waals surface area contributed by atoms with Gasteiger partial charge in [-0.05, 0) is 37.3 Å². The van der Waals surface area contributed by atoms with Gasteiger partial charge in [-0.1, -0.05) is 12.1 Å². The largest absolute Gasteiger partial charge is 0.496 e. The van der Waals surface area contributed by atoms with Gasteiger partial charge in [0.2, 0.25) is 0 Å². The lowest BCUT2D eigenvalue weighted by Crippen LogP contribution is -1.99. The van der Waals surface area contributed by atoms with Crippen LogP contribution in [-0.2, 0) is 20.5 Å². The van der Waals surface area contributed by atoms with Gasteiger partial charge in [0.1, 0.15) is 5.75 Å². The van der Waals surface area contributed by atoms with Crippen molar-refractivity contribution in [1.29, 1.82) is 0 Å². The van der Waals surface area contributed by atoms with Gasteiger partial charge in [-0.3, -0.25) is 14.6 Å². The summed E-state index contributed by atoms with van der Waals surface area (Å²) in [5.74, 6) is 0.863. The van der Waals surface area contributed by atoms with Crippen molar-refractivity contribution in [3.05, 3.63) is 84.2 Å². The first-order chi connectivity index (χ1) is 15.5. The third-order valence-electron chi connectivity index (χ3n) is 6.01. The first-order valence-electron chi connectivity index (χ1n) is 10.6. The van der Waals surface area contributed by atoms with Crippen LogP contribution in [0.2, 0.25) is 0 Å². The molecule has 0 aliphatic carbocycles. The van der Waals surface area contributed by atoms with Crippen LogP contribution in [0, 0.1) is 6.92 Å². The lowest BCUT2D eigenvalue weighted by molar-refractivity contribution is 0.410. The van der Waals surface area contributed by atoms with E-state index in [1.165, 1.54) is 11.4 Å². The molecule has 0 bridgehead atoms. The highest BCUT2D eigenvalue weighted by Crippen LogP contribution is 2.31. The molecule has 0 spiro atoms. The number of aromatic nitrogens is 5. The zero-order valence-electron chi connectivity index (χ0n) is 18.7. The minimum absolute atomic E-state index is 0.674. The smallest absolute Gasteiger partial charge is 0.123 e. The Morgan fingerprint density at radius 3 is 2.53 bits per heavy atom. The number of rotatable bonds is 5. The average Bonchev–Trinajstić information content (AvgIpc) is 3.39. The summed E-state index contributed by atoms with van der Waals surface area (Å²) in [6.07, 6.45) is 8.23. The quantitative estimate of drug-likeness (QED) is 0.402. The second-order valence-corrected chi connectivity index (χ2v) is 8.08. The summed E-state index contributed by atoms with van der Waals surface area (Å²) in [6.45, 7) is 2.11. The fraction of sp³-hybridized carbons (Fsp3) is 0.192. The summed E-state index contributed by atoms with van der Waals surface area (Å²) in [5.41, 5.74) is 7.51. The predicted molar refractivity (Wildman–Crippen MR) is 127 cm³/mol. The van der Waals surface area contributed by atoms with E-state index in [9.17, 15) is 0 Å². The number of pyridine rings is 2. The molecule has 160 valence electrons. The van der Waals surface area contributed by atoms with Crippen LogP contribution in [0.15, 0.2) is 67.3 Å². The summed E-state index contributed by atoms with van der Waals surface area (Å²) in [6, 6.07) is 14.8. The van der Waals surface area contributed by atoms with Gasteiger partial charge in [-0.2, -0.15) is 5.10 Å². The van der Waals surface area contributed by atoms with Crippen LogP contribution in [0.25, 0.3) is 33.3 Å². The highest BCUT2D eigenvalue weighted by Gasteiger charge is 2.13. The summed E-state index contributed by atoms with van der Waals surface area (Å²) < 4.78 is 9.73. The van der Waals surface area contributed by atoms with Gasteiger partial charge in [-0.25, -0.2) is 0 Å². The number of hydrogen-bond acceptors (Lipinski definition) is 4. The van der Waals surface area contributed by atoms with E-state index in [-0.39, 0.29) is 0 Å². The lowest BCUT2D eigenvalue weighted by atomic mass is 10.0. The van der Waals surface area contributed by atoms with Crippen molar-refractivity contribution in [3.8, 4) is 28.3 Å². The Kier molecular flexibility index (Phi) is 4.98. The summed E-state index contributed by atoms with van der Waals surface area (Å²) in [4.78, 5) is 9.33. The molecule has 5 rings (SSSR count). The summed E-state index contributed by atoms with van der Waals surface area (Å²) in [5, 5.41) is 6.43. The molecular weight excluding hydrogens is 398 g/mol. The maximum absolute atomic E-state index is 5.75. The number of aryl methyl sites for hydroxylation is 2. The first kappa shape index (κ1) is 20.0. The molecule has 0 fully saturated rings. The molecule has 0 radical (unpaired) electrons. The molecule has 0 saturated heterocycles. The van der Waals surface area contributed by atoms with Gasteiger partial charge < -0.3 is 9.30 Å². The van der Waals surface area contributed by atoms with Crippen LogP contribution in [-0.4, -0.2) is 31.4 Å². The molecule has 1 aromatic carbocycles. The van der Waals surface area contributed by atoms with Crippen LogP contribution in [0.4, 0.5) is 0 Å². The zero-order valence-corrected chi connectivity index (χ0v) is 18.7. The number of nitrogens with zero attached hydrogens (tertiary/aromatic N) is 5. The van der Waals surface area contributed by atoms with Gasteiger partial charge in [0.15, 0.2) is 0 Å². The molecule has 5 aromatic rings. The van der Waals surface area contributed by atoms with E-state index in [2.05, 4.69) is 65.0 Å². The number of hydrogen-bond donors (Lipinski definition) is 0. The van der Waals surface area contributed by atoms with E-state index in [0.717, 1.165) is 44.6 Å². The topological polar surface area (TPSA) is 57.8 Å². The Hall–Kier alpha value is -3.93. The maximum Gasteiger partial charge on any atom is 0.123 e. The van der Waals surface area contributed by atoms with Gasteiger partial charge in [0.05, 0.1) is 19.0 Å². The van der Waals surface area contributed by atoms with Crippen molar-refractivity contribution in [2.24, 2.45) is 14.1 Å². The van der Waals surface area contributed by atoms with Gasteiger partial charge in [0.25, 0.3) is 0 Å². The van der Waals surface area contributed by atoms with E-state index in [0.29, 0.717) is 6.42 Å². The Morgan fingerprint density at radius 1 is 0.938 bits per heavy atom. The first-order valence-corrected chi connectivity index (χ1v) is 10.6. The summed E-state index contributed by atoms with van der Waals surface area (Å²) >= 11 is 0. The van der Waals surface area contributed by atoms with Gasteiger partial charge >= 0.3 is 0 Å². The standard InChI is InChI=1S/C26H25N5O/c1-17-5-8-24(31(17)3)18-6-7-19(25(12-18)32-4)11-22-13-23-20(14-28-22)9-10-27-26(23)21-15-29-30(2)16-21/h5-10,12-16H,11H2,1-4H3. The van der Waals surface area contributed by atoms with Crippen LogP contribution >= 0.6 is 0 Å². The zero-order chi connectivity index (χ0) is 22.2. The van der Waals surface area contributed by atoms with Gasteiger partial charge in [0, 0.05) is 83.7 Å². The maximum atomic E-state index is 5.75. The van der Waals surface area contributed by atoms with Crippen molar-refractivity contribution in [2.75, 3.05) is 7.11 Å². The minimum atomic E-state index is 0.674. The van der Waals surface area contributed by atoms with E-state index in [1.807, 2.05) is 37.9 Å². The molecule has 6 heteroatoms. The lowest BCUT2D eigenvalue weighted by Gasteiger charge is -2.12. The fourth-order valence-electron chi connectivity index (χ4n) is 4.13. The Bertz CT molecular complexity index is 1430. The molecule has 32 heavy (non-hydrogen) atoms. The molecule has 0 N–H and O–H groups in total. The van der Waals surface area contributed by atoms with Crippen molar-refractivity contribution in [3.63, 3.8) is 0 Å². The number of methoxy groups -OCH3 is 1. The van der Waals surface area contributed by atoms with Crippen molar-refractivity contribution in [1.82, 2.24) is 24.3 Å². The molecule has 4 heterocycles. The molecule has 0 unspecified atom stereocenters. The fourth-order valence-corrected chi connectivity index (χ4v) is 4.13. The van der Waals surface area contributed by atoms with Crippen molar-refractivity contribution >= 4 is 10.8 Å². The number of fused-ring (bicyclic) bond motifs is 1. The normalized spacial score (nSPS) is 11.2. The molecule has 6 nitrogen and oxygen atoms in total. The third kappa shape index (κ3) is 3.54. The van der Waals surface area contributed by atoms with Crippen molar-refractivity contribution < 1.29 is 4.74 Å². The highest BCUT2D eigenvalue weighted by molar-refractivity contribution is 5.94. The average molecular weight is 424 g/mol. The Balaban J connectivity index is 1.52. The van der Waals surface area contributed by atoms with Crippen molar-refractivity contribution in [2.45, 2.75) is 13.3 Å². The van der Waals surface area contributed by atoms with Crippen LogP contribution in [0.1, 0.15) is 17.0 Å². The molecule has 0 amide bonds. The molecular formula is C26H25N5O. The second kappa shape index (κ2) is 7.96. The third-order valence-corrected chi connectivity index (χ3v) is 6.01. The van der Waals surface area contributed by atoms with E-state index in [1.54, 1.807) is 11.8 Å². The molecule has 4 aromatic heterocycles. The minimum Gasteiger partial charge on any atom is -0.496 e.